The van der Waals surface area contributed by atoms with E-state index in [1.165, 1.54) is 0 Å². The summed E-state index contributed by atoms with van der Waals surface area (Å²) in [4.78, 5) is 17.8. The van der Waals surface area contributed by atoms with Crippen LogP contribution >= 0.6 is 0 Å². The minimum Gasteiger partial charge on any atom is -0.371 e. The second kappa shape index (κ2) is 6.22. The highest BCUT2D eigenvalue weighted by Gasteiger charge is 2.19. The Balaban J connectivity index is 2.41. The van der Waals surface area contributed by atoms with Crippen LogP contribution in [0.1, 0.15) is 20.8 Å². The normalized spacial score (nSPS) is 11.3. The smallest absolute Gasteiger partial charge is 0.214 e. The Morgan fingerprint density at radius 1 is 1.32 bits per heavy atom. The molecule has 0 aliphatic heterocycles. The first-order valence-electron chi connectivity index (χ1n) is 7.38. The van der Waals surface area contributed by atoms with E-state index in [2.05, 4.69) is 31.1 Å². The number of pyridine rings is 1. The lowest BCUT2D eigenvalue weighted by Crippen LogP contribution is -2.32. The number of rotatable bonds is 5. The molecule has 0 saturated heterocycles. The number of aromatic nitrogens is 2. The van der Waals surface area contributed by atoms with E-state index in [1.54, 1.807) is 4.90 Å². The summed E-state index contributed by atoms with van der Waals surface area (Å²) >= 11 is 0. The Morgan fingerprint density at radius 2 is 2.05 bits per heavy atom. The number of hydrogen-bond acceptors (Lipinski definition) is 3. The molecule has 0 fully saturated rings. The lowest BCUT2D eigenvalue weighted by atomic mass is 9.96. The molecule has 0 unspecified atom stereocenters. The second-order valence-corrected chi connectivity index (χ2v) is 6.61. The second-order valence-electron chi connectivity index (χ2n) is 6.61. The van der Waals surface area contributed by atoms with Gasteiger partial charge in [-0.3, -0.25) is 4.79 Å². The Hall–Kier alpha value is -2.30. The Kier molecular flexibility index (Phi) is 4.54. The molecule has 0 bridgehead atoms. The van der Waals surface area contributed by atoms with Crippen molar-refractivity contribution in [1.82, 2.24) is 9.55 Å². The van der Waals surface area contributed by atoms with Crippen molar-refractivity contribution in [2.24, 2.45) is 12.5 Å². The largest absolute Gasteiger partial charge is 0.371 e. The van der Waals surface area contributed by atoms with E-state index in [4.69, 9.17) is 0 Å². The third-order valence-corrected chi connectivity index (χ3v) is 3.40. The first-order chi connectivity index (χ1) is 10.4. The molecule has 0 saturated carbocycles. The van der Waals surface area contributed by atoms with E-state index >= 15 is 0 Å². The first-order valence-corrected chi connectivity index (χ1v) is 7.38. The molecule has 118 valence electrons. The summed E-state index contributed by atoms with van der Waals surface area (Å²) in [5.74, 6) is 0.704. The van der Waals surface area contributed by atoms with Crippen molar-refractivity contribution in [2.75, 3.05) is 23.8 Å². The molecular weight excluding hydrogens is 276 g/mol. The maximum absolute atomic E-state index is 11.5. The molecule has 2 rings (SSSR count). The van der Waals surface area contributed by atoms with E-state index < -0.39 is 0 Å². The summed E-state index contributed by atoms with van der Waals surface area (Å²) < 4.78 is 2.02. The molecule has 1 amide bonds. The molecular formula is C17H24N4O. The summed E-state index contributed by atoms with van der Waals surface area (Å²) in [5.41, 5.74) is 2.73. The van der Waals surface area contributed by atoms with Gasteiger partial charge in [-0.15, -0.1) is 0 Å². The van der Waals surface area contributed by atoms with Crippen molar-refractivity contribution >= 4 is 17.9 Å². The quantitative estimate of drug-likeness (QED) is 0.863. The molecule has 0 aliphatic rings. The summed E-state index contributed by atoms with van der Waals surface area (Å²) in [5, 5.41) is 3.10. The third-order valence-electron chi connectivity index (χ3n) is 3.40. The topological polar surface area (TPSA) is 50.2 Å². The number of amides is 1. The highest BCUT2D eigenvalue weighted by molar-refractivity contribution is 5.83. The number of nitrogens with one attached hydrogen (secondary N) is 1. The van der Waals surface area contributed by atoms with Crippen LogP contribution in [0.3, 0.4) is 0 Å². The average Bonchev–Trinajstić information content (AvgIpc) is 2.89. The van der Waals surface area contributed by atoms with Gasteiger partial charge in [-0.1, -0.05) is 20.8 Å². The number of carbonyl (C=O) groups excluding carboxylic acids is 1. The van der Waals surface area contributed by atoms with Gasteiger partial charge in [0.15, 0.2) is 5.82 Å². The van der Waals surface area contributed by atoms with Crippen LogP contribution in [0.5, 0.6) is 0 Å². The van der Waals surface area contributed by atoms with Crippen LogP contribution in [-0.4, -0.2) is 29.6 Å². The summed E-state index contributed by atoms with van der Waals surface area (Å²) in [6, 6.07) is 7.90. The van der Waals surface area contributed by atoms with Crippen molar-refractivity contribution in [3.8, 4) is 11.4 Å². The minimum absolute atomic E-state index is 0.0166. The van der Waals surface area contributed by atoms with Crippen LogP contribution in [0, 0.1) is 5.41 Å². The number of anilines is 2. The van der Waals surface area contributed by atoms with Gasteiger partial charge in [-0.25, -0.2) is 4.98 Å². The maximum Gasteiger partial charge on any atom is 0.214 e. The molecule has 0 aliphatic carbocycles. The molecule has 2 aromatic heterocycles. The molecule has 1 N–H and O–H groups in total. The third kappa shape index (κ3) is 3.47. The number of nitrogens with zero attached hydrogens (tertiary/aromatic N) is 3. The Morgan fingerprint density at radius 3 is 2.55 bits per heavy atom. The fraction of sp³-hybridized carbons (Fsp3) is 0.412. The van der Waals surface area contributed by atoms with Crippen LogP contribution in [0.15, 0.2) is 30.5 Å². The lowest BCUT2D eigenvalue weighted by molar-refractivity contribution is -0.107. The molecule has 0 spiro atoms. The van der Waals surface area contributed by atoms with Gasteiger partial charge in [0.2, 0.25) is 6.41 Å². The highest BCUT2D eigenvalue weighted by Crippen LogP contribution is 2.29. The number of hydrogen-bond donors (Lipinski definition) is 1. The van der Waals surface area contributed by atoms with Crippen molar-refractivity contribution in [3.63, 3.8) is 0 Å². The van der Waals surface area contributed by atoms with Crippen molar-refractivity contribution in [3.05, 3.63) is 30.5 Å². The van der Waals surface area contributed by atoms with E-state index in [9.17, 15) is 4.79 Å². The first kappa shape index (κ1) is 16.1. The molecule has 0 radical (unpaired) electrons. The van der Waals surface area contributed by atoms with Gasteiger partial charge in [0, 0.05) is 26.8 Å². The summed E-state index contributed by atoms with van der Waals surface area (Å²) in [7, 11) is 3.81. The van der Waals surface area contributed by atoms with Crippen LogP contribution in [0.2, 0.25) is 0 Å². The average molecular weight is 300 g/mol. The van der Waals surface area contributed by atoms with Crippen LogP contribution < -0.4 is 10.2 Å². The number of aryl methyl sites for hydroxylation is 1. The van der Waals surface area contributed by atoms with E-state index in [0.717, 1.165) is 23.5 Å². The number of carbonyl (C=O) groups is 1. The van der Waals surface area contributed by atoms with Gasteiger partial charge in [-0.2, -0.15) is 0 Å². The van der Waals surface area contributed by atoms with Crippen molar-refractivity contribution in [2.45, 2.75) is 20.8 Å². The van der Waals surface area contributed by atoms with Gasteiger partial charge >= 0.3 is 0 Å². The van der Waals surface area contributed by atoms with Gasteiger partial charge in [0.05, 0.1) is 17.1 Å². The molecule has 5 nitrogen and oxygen atoms in total. The van der Waals surface area contributed by atoms with Crippen molar-refractivity contribution < 1.29 is 4.79 Å². The zero-order valence-corrected chi connectivity index (χ0v) is 13.9. The maximum atomic E-state index is 11.5. The SMILES string of the molecule is CNc1nc(-c2cccn2C)ccc1N(C=O)CC(C)(C)C. The zero-order valence-electron chi connectivity index (χ0n) is 13.9. The standard InChI is InChI=1S/C17H24N4O/c1-17(2,3)11-21(12-22)15-9-8-13(19-16(15)18-4)14-7-6-10-20(14)5/h6-10,12H,11H2,1-5H3,(H,18,19). The predicted octanol–water partition coefficient (Wildman–Crippen LogP) is 3.14. The predicted molar refractivity (Wildman–Crippen MR) is 91.1 cm³/mol. The zero-order chi connectivity index (χ0) is 16.3. The fourth-order valence-corrected chi connectivity index (χ4v) is 2.43. The van der Waals surface area contributed by atoms with Crippen LogP contribution in [0.4, 0.5) is 11.5 Å². The van der Waals surface area contributed by atoms with Crippen molar-refractivity contribution in [1.29, 1.82) is 0 Å². The molecule has 2 heterocycles. The van der Waals surface area contributed by atoms with Gasteiger partial charge in [0.25, 0.3) is 0 Å². The molecule has 5 heteroatoms. The highest BCUT2D eigenvalue weighted by atomic mass is 16.1. The van der Waals surface area contributed by atoms with E-state index in [1.807, 2.05) is 49.1 Å². The lowest BCUT2D eigenvalue weighted by Gasteiger charge is -2.28. The molecule has 2 aromatic rings. The summed E-state index contributed by atoms with van der Waals surface area (Å²) in [6.45, 7) is 6.95. The molecule has 22 heavy (non-hydrogen) atoms. The van der Waals surface area contributed by atoms with Gasteiger partial charge in [0.1, 0.15) is 0 Å². The van der Waals surface area contributed by atoms with E-state index in [-0.39, 0.29) is 5.41 Å². The minimum atomic E-state index is 0.0166. The van der Waals surface area contributed by atoms with Crippen LogP contribution in [0.25, 0.3) is 11.4 Å². The van der Waals surface area contributed by atoms with Gasteiger partial charge in [-0.05, 0) is 29.7 Å². The van der Waals surface area contributed by atoms with Crippen LogP contribution in [-0.2, 0) is 11.8 Å². The summed E-state index contributed by atoms with van der Waals surface area (Å²) in [6.07, 6.45) is 2.85. The van der Waals surface area contributed by atoms with E-state index in [0.29, 0.717) is 12.4 Å². The Bertz CT molecular complexity index is 655. The fourth-order valence-electron chi connectivity index (χ4n) is 2.43. The monoisotopic (exact) mass is 300 g/mol. The molecule has 0 aromatic carbocycles. The van der Waals surface area contributed by atoms with Gasteiger partial charge < -0.3 is 14.8 Å². The Labute approximate surface area is 132 Å². The molecule has 0 atom stereocenters.